The molecule has 2 aromatic rings. The van der Waals surface area contributed by atoms with Gasteiger partial charge in [0.15, 0.2) is 17.7 Å². The Kier molecular flexibility index (Phi) is 15.7. The fraction of sp³-hybridized carbons (Fsp3) is 0.720. The summed E-state index contributed by atoms with van der Waals surface area (Å²) in [6.07, 6.45) is -6.70. The van der Waals surface area contributed by atoms with Crippen molar-refractivity contribution in [2.45, 2.75) is 64.8 Å². The summed E-state index contributed by atoms with van der Waals surface area (Å²) in [4.78, 5) is 75.3. The first-order chi connectivity index (χ1) is 24.0. The molecule has 3 heterocycles. The molecular weight excluding hydrogens is 779 g/mol. The molecule has 3 unspecified atom stereocenters. The highest BCUT2D eigenvalue weighted by Gasteiger charge is 2.50. The van der Waals surface area contributed by atoms with Gasteiger partial charge in [-0.3, -0.25) is 27.7 Å². The van der Waals surface area contributed by atoms with Gasteiger partial charge >= 0.3 is 23.5 Å². The summed E-state index contributed by atoms with van der Waals surface area (Å²) in [5.41, 5.74) is 4.32. The molecule has 1 saturated heterocycles. The molecule has 0 aromatic carbocycles. The number of aliphatic hydroxyl groups excluding tert-OH is 2. The Morgan fingerprint density at radius 3 is 2.40 bits per heavy atom. The van der Waals surface area contributed by atoms with Crippen LogP contribution in [0.2, 0.25) is 0 Å². The molecule has 10 N–H and O–H groups in total. The van der Waals surface area contributed by atoms with Crippen molar-refractivity contribution in [1.29, 1.82) is 0 Å². The van der Waals surface area contributed by atoms with Gasteiger partial charge in [0.1, 0.15) is 36.3 Å². The fourth-order valence-corrected chi connectivity index (χ4v) is 8.23. The van der Waals surface area contributed by atoms with Gasteiger partial charge in [0, 0.05) is 30.7 Å². The van der Waals surface area contributed by atoms with Gasteiger partial charge in [0.25, 0.3) is 0 Å². The minimum absolute atomic E-state index is 0.0342. The van der Waals surface area contributed by atoms with Crippen molar-refractivity contribution < 1.29 is 75.7 Å². The number of rotatable bonds is 21. The molecule has 0 spiro atoms. The number of nitrogens with zero attached hydrogens (tertiary/aromatic N) is 4. The second kappa shape index (κ2) is 18.5. The molecule has 0 aliphatic carbocycles. The van der Waals surface area contributed by atoms with Gasteiger partial charge in [-0.05, 0) is 11.7 Å². The van der Waals surface area contributed by atoms with E-state index in [4.69, 9.17) is 19.5 Å². The lowest BCUT2D eigenvalue weighted by atomic mass is 9.87. The van der Waals surface area contributed by atoms with Crippen molar-refractivity contribution >= 4 is 64.0 Å². The number of nitrogen functional groups attached to an aromatic ring is 1. The predicted octanol–water partition coefficient (Wildman–Crippen LogP) is -0.206. The zero-order valence-corrected chi connectivity index (χ0v) is 32.0. The highest BCUT2D eigenvalue weighted by molar-refractivity contribution is 7.99. The van der Waals surface area contributed by atoms with Crippen LogP contribution in [-0.4, -0.2) is 123 Å². The number of phosphoric acid groups is 3. The summed E-state index contributed by atoms with van der Waals surface area (Å²) in [5, 5.41) is 26.5. The topological polar surface area (TPSA) is 347 Å². The Balaban J connectivity index is 1.53. The van der Waals surface area contributed by atoms with E-state index in [2.05, 4.69) is 48.3 Å². The third kappa shape index (κ3) is 13.3. The number of nitrogens with one attached hydrogen (secondary N) is 2. The van der Waals surface area contributed by atoms with E-state index in [-0.39, 0.29) is 35.9 Å². The third-order valence-corrected chi connectivity index (χ3v) is 11.6. The first-order valence-electron chi connectivity index (χ1n) is 15.5. The van der Waals surface area contributed by atoms with Gasteiger partial charge in [0.2, 0.25) is 11.8 Å². The van der Waals surface area contributed by atoms with E-state index >= 15 is 0 Å². The second-order valence-electron chi connectivity index (χ2n) is 12.5. The van der Waals surface area contributed by atoms with Gasteiger partial charge in [-0.2, -0.15) is 16.1 Å². The minimum Gasteiger partial charge on any atom is -0.386 e. The number of anilines is 1. The molecule has 7 atom stereocenters. The van der Waals surface area contributed by atoms with Crippen LogP contribution in [0.15, 0.2) is 12.7 Å². The van der Waals surface area contributed by atoms with Crippen LogP contribution in [0.1, 0.15) is 40.3 Å². The number of thioether (sulfide) groups is 1. The zero-order valence-electron chi connectivity index (χ0n) is 28.5. The highest BCUT2D eigenvalue weighted by Crippen LogP contribution is 2.61. The molecule has 2 amide bonds. The molecule has 1 aliphatic rings. The third-order valence-electron chi connectivity index (χ3n) is 7.10. The predicted molar refractivity (Wildman–Crippen MR) is 182 cm³/mol. The van der Waals surface area contributed by atoms with Gasteiger partial charge in [-0.1, -0.05) is 27.7 Å². The SMILES string of the molecule is CC(C)CSCCNC(=O)CCNC(=O)C(O)C(C)(C)COP(=O)(O)OP(=O)(O)OC[C@H]1O[C@@H](n2cnc3c(N)ncnc32)[C@H](O)[C@@H]1OP(=O)(O)O. The molecule has 0 radical (unpaired) electrons. The number of amides is 2. The smallest absolute Gasteiger partial charge is 0.386 e. The number of imidazole rings is 1. The Morgan fingerprint density at radius 1 is 1.08 bits per heavy atom. The zero-order chi connectivity index (χ0) is 39.1. The van der Waals surface area contributed by atoms with E-state index < -0.39 is 78.6 Å². The van der Waals surface area contributed by atoms with E-state index in [0.29, 0.717) is 12.5 Å². The van der Waals surface area contributed by atoms with Crippen LogP contribution in [0.5, 0.6) is 0 Å². The lowest BCUT2D eigenvalue weighted by Crippen LogP contribution is -2.46. The molecule has 1 aliphatic heterocycles. The number of ether oxygens (including phenoxy) is 1. The molecule has 0 saturated carbocycles. The summed E-state index contributed by atoms with van der Waals surface area (Å²) in [7, 11) is -16.3. The fourth-order valence-electron chi connectivity index (χ4n) is 4.52. The molecule has 2 aromatic heterocycles. The molecule has 27 heteroatoms. The highest BCUT2D eigenvalue weighted by atomic mass is 32.2. The van der Waals surface area contributed by atoms with Crippen molar-refractivity contribution in [2.24, 2.45) is 11.3 Å². The summed E-state index contributed by atoms with van der Waals surface area (Å²) in [6.45, 7) is 5.09. The number of aliphatic hydroxyl groups is 2. The van der Waals surface area contributed by atoms with Crippen molar-refractivity contribution in [2.75, 3.05) is 43.5 Å². The second-order valence-corrected chi connectivity index (χ2v) is 17.9. The molecule has 3 rings (SSSR count). The summed E-state index contributed by atoms with van der Waals surface area (Å²) >= 11 is 1.69. The number of hydrogen-bond acceptors (Lipinski definition) is 17. The normalized spacial score (nSPS) is 22.6. The summed E-state index contributed by atoms with van der Waals surface area (Å²) in [5.74, 6) is 0.931. The Labute approximate surface area is 301 Å². The molecule has 1 fully saturated rings. The standard InChI is InChI=1S/C25H44N7O16P3S/c1-14(2)10-52-8-7-27-16(33)5-6-28-23(36)20(35)25(3,4)11-45-51(42,43)48-50(40,41)44-9-15-19(47-49(37,38)39)18(34)24(46-15)32-13-31-17-21(26)29-12-30-22(17)32/h12-15,18-20,24,34-35H,5-11H2,1-4H3,(H,27,33)(H,28,36)(H,40,41)(H,42,43)(H2,26,29,30)(H2,37,38,39)/t15-,18-,19-,20?,24-/m1/s1. The summed E-state index contributed by atoms with van der Waals surface area (Å²) < 4.78 is 62.0. The van der Waals surface area contributed by atoms with Crippen molar-refractivity contribution in [3.05, 3.63) is 12.7 Å². The first-order valence-corrected chi connectivity index (χ1v) is 21.2. The van der Waals surface area contributed by atoms with Gasteiger partial charge in [0.05, 0.1) is 19.5 Å². The van der Waals surface area contributed by atoms with Crippen LogP contribution in [0.3, 0.4) is 0 Å². The number of hydrogen-bond donors (Lipinski definition) is 9. The lowest BCUT2D eigenvalue weighted by molar-refractivity contribution is -0.137. The largest absolute Gasteiger partial charge is 0.481 e. The average Bonchev–Trinajstić information content (AvgIpc) is 3.58. The van der Waals surface area contributed by atoms with Crippen LogP contribution in [0.4, 0.5) is 5.82 Å². The molecule has 52 heavy (non-hydrogen) atoms. The van der Waals surface area contributed by atoms with Gasteiger partial charge < -0.3 is 50.9 Å². The van der Waals surface area contributed by atoms with E-state index in [9.17, 15) is 53.1 Å². The Morgan fingerprint density at radius 2 is 1.75 bits per heavy atom. The molecule has 296 valence electrons. The summed E-state index contributed by atoms with van der Waals surface area (Å²) in [6, 6.07) is 0. The molecule has 23 nitrogen and oxygen atoms in total. The number of fused-ring (bicyclic) bond motifs is 1. The first kappa shape index (κ1) is 44.3. The maximum Gasteiger partial charge on any atom is 0.481 e. The number of aromatic nitrogens is 4. The quantitative estimate of drug-likeness (QED) is 0.0581. The minimum atomic E-state index is -5.54. The van der Waals surface area contributed by atoms with Crippen LogP contribution in [-0.2, 0) is 45.9 Å². The number of nitrogens with two attached hydrogens (primary N) is 1. The van der Waals surface area contributed by atoms with E-state index in [1.807, 2.05) is 0 Å². The average molecular weight is 824 g/mol. The van der Waals surface area contributed by atoms with Crippen molar-refractivity contribution in [3.63, 3.8) is 0 Å². The Bertz CT molecular complexity index is 1680. The van der Waals surface area contributed by atoms with Crippen LogP contribution < -0.4 is 16.4 Å². The van der Waals surface area contributed by atoms with Crippen LogP contribution in [0.25, 0.3) is 11.2 Å². The molecule has 0 bridgehead atoms. The lowest BCUT2D eigenvalue weighted by Gasteiger charge is -2.30. The van der Waals surface area contributed by atoms with Crippen molar-refractivity contribution in [3.8, 4) is 0 Å². The van der Waals surface area contributed by atoms with Gasteiger partial charge in [-0.15, -0.1) is 0 Å². The Hall–Kier alpha value is -2.11. The number of phosphoric ester groups is 3. The number of carbonyl (C=O) groups is 2. The van der Waals surface area contributed by atoms with E-state index in [1.54, 1.807) is 11.8 Å². The van der Waals surface area contributed by atoms with E-state index in [1.165, 1.54) is 13.8 Å². The van der Waals surface area contributed by atoms with Crippen LogP contribution >= 0.6 is 35.2 Å². The molecular formula is C25H44N7O16P3S. The van der Waals surface area contributed by atoms with E-state index in [0.717, 1.165) is 28.7 Å². The maximum absolute atomic E-state index is 12.6. The number of carbonyl (C=O) groups excluding carboxylic acids is 2. The van der Waals surface area contributed by atoms with Crippen LogP contribution in [0, 0.1) is 11.3 Å². The van der Waals surface area contributed by atoms with Gasteiger partial charge in [-0.25, -0.2) is 28.6 Å². The monoisotopic (exact) mass is 823 g/mol. The maximum atomic E-state index is 12.6. The van der Waals surface area contributed by atoms with Crippen molar-refractivity contribution in [1.82, 2.24) is 30.2 Å².